The molecule has 0 bridgehead atoms. The Hall–Kier alpha value is -0.630. The molecule has 0 saturated heterocycles. The van der Waals surface area contributed by atoms with E-state index in [9.17, 15) is 0 Å². The first-order valence-electron chi connectivity index (χ1n) is 6.29. The SMILES string of the molecule is Cc1c(N)cccc1SC1CCCCCC1. The average molecular weight is 235 g/mol. The summed E-state index contributed by atoms with van der Waals surface area (Å²) in [7, 11) is 0. The molecule has 0 aliphatic heterocycles. The zero-order chi connectivity index (χ0) is 11.4. The molecule has 2 N–H and O–H groups in total. The van der Waals surface area contributed by atoms with Gasteiger partial charge in [-0.1, -0.05) is 31.7 Å². The maximum Gasteiger partial charge on any atom is 0.0354 e. The van der Waals surface area contributed by atoms with Crippen LogP contribution in [0.4, 0.5) is 5.69 Å². The topological polar surface area (TPSA) is 26.0 Å². The van der Waals surface area contributed by atoms with E-state index in [-0.39, 0.29) is 0 Å². The van der Waals surface area contributed by atoms with Gasteiger partial charge in [0.05, 0.1) is 0 Å². The molecule has 1 saturated carbocycles. The molecule has 0 atom stereocenters. The molecule has 1 aliphatic carbocycles. The quantitative estimate of drug-likeness (QED) is 0.607. The molecule has 0 spiro atoms. The third-order valence-electron chi connectivity index (χ3n) is 3.42. The van der Waals surface area contributed by atoms with Gasteiger partial charge in [-0.15, -0.1) is 11.8 Å². The van der Waals surface area contributed by atoms with Crippen molar-refractivity contribution in [1.29, 1.82) is 0 Å². The monoisotopic (exact) mass is 235 g/mol. The lowest BCUT2D eigenvalue weighted by molar-refractivity contribution is 0.702. The van der Waals surface area contributed by atoms with Crippen molar-refractivity contribution >= 4 is 17.4 Å². The molecule has 1 fully saturated rings. The van der Waals surface area contributed by atoms with Crippen LogP contribution in [-0.2, 0) is 0 Å². The summed E-state index contributed by atoms with van der Waals surface area (Å²) in [4.78, 5) is 1.38. The second-order valence-corrected chi connectivity index (χ2v) is 6.04. The molecular weight excluding hydrogens is 214 g/mol. The number of rotatable bonds is 2. The molecule has 0 aromatic heterocycles. The number of benzene rings is 1. The molecule has 88 valence electrons. The summed E-state index contributed by atoms with van der Waals surface area (Å²) in [6.07, 6.45) is 8.40. The van der Waals surface area contributed by atoms with Gasteiger partial charge in [0.25, 0.3) is 0 Å². The highest BCUT2D eigenvalue weighted by Gasteiger charge is 2.14. The molecule has 2 rings (SSSR count). The van der Waals surface area contributed by atoms with E-state index in [0.29, 0.717) is 0 Å². The maximum absolute atomic E-state index is 5.94. The molecule has 1 aliphatic rings. The Morgan fingerprint density at radius 3 is 2.50 bits per heavy atom. The van der Waals surface area contributed by atoms with Crippen molar-refractivity contribution in [3.63, 3.8) is 0 Å². The van der Waals surface area contributed by atoms with Gasteiger partial charge in [-0.05, 0) is 37.5 Å². The molecule has 0 unspecified atom stereocenters. The van der Waals surface area contributed by atoms with Crippen LogP contribution in [0.1, 0.15) is 44.1 Å². The van der Waals surface area contributed by atoms with Gasteiger partial charge in [-0.25, -0.2) is 0 Å². The Labute approximate surface area is 103 Å². The Balaban J connectivity index is 2.04. The first-order valence-corrected chi connectivity index (χ1v) is 7.17. The maximum atomic E-state index is 5.94. The lowest BCUT2D eigenvalue weighted by Crippen LogP contribution is -2.01. The van der Waals surface area contributed by atoms with Gasteiger partial charge in [0.1, 0.15) is 0 Å². The van der Waals surface area contributed by atoms with E-state index in [1.807, 2.05) is 17.8 Å². The van der Waals surface area contributed by atoms with Crippen molar-refractivity contribution in [2.75, 3.05) is 5.73 Å². The van der Waals surface area contributed by atoms with Crippen molar-refractivity contribution in [3.05, 3.63) is 23.8 Å². The first-order chi connectivity index (χ1) is 7.77. The van der Waals surface area contributed by atoms with E-state index in [4.69, 9.17) is 5.73 Å². The van der Waals surface area contributed by atoms with E-state index in [1.165, 1.54) is 49.0 Å². The van der Waals surface area contributed by atoms with E-state index in [1.54, 1.807) is 0 Å². The number of hydrogen-bond donors (Lipinski definition) is 1. The molecule has 2 heteroatoms. The van der Waals surface area contributed by atoms with E-state index < -0.39 is 0 Å². The van der Waals surface area contributed by atoms with Crippen LogP contribution >= 0.6 is 11.8 Å². The van der Waals surface area contributed by atoms with Crippen LogP contribution in [0.5, 0.6) is 0 Å². The number of hydrogen-bond acceptors (Lipinski definition) is 2. The summed E-state index contributed by atoms with van der Waals surface area (Å²) in [5.41, 5.74) is 8.13. The van der Waals surface area contributed by atoms with Crippen molar-refractivity contribution in [3.8, 4) is 0 Å². The van der Waals surface area contributed by atoms with E-state index in [0.717, 1.165) is 10.9 Å². The normalized spacial score (nSPS) is 18.3. The van der Waals surface area contributed by atoms with Gasteiger partial charge in [0.15, 0.2) is 0 Å². The summed E-state index contributed by atoms with van der Waals surface area (Å²) in [6.45, 7) is 2.13. The first kappa shape index (κ1) is 11.8. The molecular formula is C14H21NS. The van der Waals surface area contributed by atoms with Gasteiger partial charge < -0.3 is 5.73 Å². The largest absolute Gasteiger partial charge is 0.398 e. The summed E-state index contributed by atoms with van der Waals surface area (Å²) in [5.74, 6) is 0. The molecule has 0 radical (unpaired) electrons. The van der Waals surface area contributed by atoms with Crippen molar-refractivity contribution in [2.24, 2.45) is 0 Å². The smallest absolute Gasteiger partial charge is 0.0354 e. The van der Waals surface area contributed by atoms with Crippen LogP contribution in [0.25, 0.3) is 0 Å². The van der Waals surface area contributed by atoms with Gasteiger partial charge in [0, 0.05) is 15.8 Å². The Morgan fingerprint density at radius 1 is 1.12 bits per heavy atom. The fraction of sp³-hybridized carbons (Fsp3) is 0.571. The molecule has 1 aromatic carbocycles. The van der Waals surface area contributed by atoms with E-state index in [2.05, 4.69) is 19.1 Å². The second-order valence-electron chi connectivity index (χ2n) is 4.70. The minimum Gasteiger partial charge on any atom is -0.398 e. The minimum absolute atomic E-state index is 0.808. The summed E-state index contributed by atoms with van der Waals surface area (Å²) >= 11 is 2.04. The number of nitrogens with two attached hydrogens (primary N) is 1. The standard InChI is InChI=1S/C14H21NS/c1-11-13(15)9-6-10-14(11)16-12-7-4-2-3-5-8-12/h6,9-10,12H,2-5,7-8,15H2,1H3. The Kier molecular flexibility index (Phi) is 4.16. The van der Waals surface area contributed by atoms with Gasteiger partial charge >= 0.3 is 0 Å². The van der Waals surface area contributed by atoms with Crippen LogP contribution in [0.3, 0.4) is 0 Å². The van der Waals surface area contributed by atoms with Crippen molar-refractivity contribution in [1.82, 2.24) is 0 Å². The van der Waals surface area contributed by atoms with Crippen LogP contribution in [-0.4, -0.2) is 5.25 Å². The molecule has 0 heterocycles. The highest BCUT2D eigenvalue weighted by molar-refractivity contribution is 8.00. The van der Waals surface area contributed by atoms with Crippen molar-refractivity contribution < 1.29 is 0 Å². The second kappa shape index (κ2) is 5.62. The molecule has 16 heavy (non-hydrogen) atoms. The highest BCUT2D eigenvalue weighted by atomic mass is 32.2. The van der Waals surface area contributed by atoms with Crippen LogP contribution in [0.2, 0.25) is 0 Å². The van der Waals surface area contributed by atoms with Crippen LogP contribution < -0.4 is 5.73 Å². The lowest BCUT2D eigenvalue weighted by Gasteiger charge is -2.15. The van der Waals surface area contributed by atoms with Gasteiger partial charge in [0.2, 0.25) is 0 Å². The highest BCUT2D eigenvalue weighted by Crippen LogP contribution is 2.35. The number of anilines is 1. The lowest BCUT2D eigenvalue weighted by atomic mass is 10.2. The Morgan fingerprint density at radius 2 is 1.81 bits per heavy atom. The van der Waals surface area contributed by atoms with Gasteiger partial charge in [-0.2, -0.15) is 0 Å². The Bertz CT molecular complexity index is 341. The zero-order valence-corrected chi connectivity index (χ0v) is 10.9. The number of nitrogen functional groups attached to an aromatic ring is 1. The zero-order valence-electron chi connectivity index (χ0n) is 10.0. The summed E-state index contributed by atoms with van der Waals surface area (Å²) < 4.78 is 0. The summed E-state index contributed by atoms with van der Waals surface area (Å²) in [6, 6.07) is 6.27. The van der Waals surface area contributed by atoms with Crippen molar-refractivity contribution in [2.45, 2.75) is 55.6 Å². The van der Waals surface area contributed by atoms with Crippen LogP contribution in [0.15, 0.2) is 23.1 Å². The molecule has 0 amide bonds. The van der Waals surface area contributed by atoms with E-state index >= 15 is 0 Å². The third-order valence-corrected chi connectivity index (χ3v) is 4.92. The predicted molar refractivity (Wildman–Crippen MR) is 72.9 cm³/mol. The fourth-order valence-electron chi connectivity index (χ4n) is 2.30. The van der Waals surface area contributed by atoms with Gasteiger partial charge in [-0.3, -0.25) is 0 Å². The third kappa shape index (κ3) is 2.94. The minimum atomic E-state index is 0.808. The summed E-state index contributed by atoms with van der Waals surface area (Å²) in [5, 5.41) is 0.808. The fourth-order valence-corrected chi connectivity index (χ4v) is 3.68. The average Bonchev–Trinajstić information content (AvgIpc) is 2.53. The molecule has 1 aromatic rings. The predicted octanol–water partition coefficient (Wildman–Crippen LogP) is 4.39. The number of thioether (sulfide) groups is 1. The molecule has 1 nitrogen and oxygen atoms in total. The van der Waals surface area contributed by atoms with Crippen LogP contribution in [0, 0.1) is 6.92 Å².